The van der Waals surface area contributed by atoms with Gasteiger partial charge in [-0.2, -0.15) is 0 Å². The lowest BCUT2D eigenvalue weighted by Crippen LogP contribution is -2.23. The van der Waals surface area contributed by atoms with E-state index >= 15 is 0 Å². The van der Waals surface area contributed by atoms with E-state index in [1.807, 2.05) is 0 Å². The quantitative estimate of drug-likeness (QED) is 0.181. The van der Waals surface area contributed by atoms with E-state index < -0.39 is 0 Å². The number of hydrogen-bond acceptors (Lipinski definition) is 2. The standard InChI is InChI=1S/C61H41N5/c1-3-17-41(18-4-1)63-52-27-11-7-21-45(52)50-39-44(37-38-55(50)63)65-54-29-13-9-23-49(54)60-47(25-16-32-58(60)65)46-24-15-31-57-59(46)48-22-8-12-28-53(48)64(57)43-35-33-40(34-36-43)61-62-51-26-10-14-30-56(51)66(61)42-19-5-2-6-20-42/h1-39,61-62H. The van der Waals surface area contributed by atoms with Gasteiger partial charge in [0.1, 0.15) is 6.17 Å². The fourth-order valence-corrected chi connectivity index (χ4v) is 11.1. The predicted molar refractivity (Wildman–Crippen MR) is 276 cm³/mol. The molecule has 0 radical (unpaired) electrons. The van der Waals surface area contributed by atoms with Crippen molar-refractivity contribution >= 4 is 82.5 Å². The first-order chi connectivity index (χ1) is 32.8. The highest BCUT2D eigenvalue weighted by atomic mass is 15.3. The summed E-state index contributed by atoms with van der Waals surface area (Å²) in [6.45, 7) is 0. The number of hydrogen-bond donors (Lipinski definition) is 1. The van der Waals surface area contributed by atoms with E-state index in [9.17, 15) is 0 Å². The fraction of sp³-hybridized carbons (Fsp3) is 0.0164. The molecule has 1 aliphatic rings. The molecule has 3 aromatic heterocycles. The molecule has 1 aliphatic heterocycles. The molecule has 13 aromatic rings. The average Bonchev–Trinajstić information content (AvgIpc) is 4.13. The number of nitrogens with zero attached hydrogens (tertiary/aromatic N) is 4. The van der Waals surface area contributed by atoms with Crippen LogP contribution in [0.4, 0.5) is 17.1 Å². The molecule has 0 fully saturated rings. The van der Waals surface area contributed by atoms with Crippen LogP contribution >= 0.6 is 0 Å². The summed E-state index contributed by atoms with van der Waals surface area (Å²) >= 11 is 0. The predicted octanol–water partition coefficient (Wildman–Crippen LogP) is 15.9. The van der Waals surface area contributed by atoms with Gasteiger partial charge in [0.15, 0.2) is 0 Å². The van der Waals surface area contributed by atoms with E-state index in [1.165, 1.54) is 87.8 Å². The molecule has 0 saturated carbocycles. The SMILES string of the molecule is c1ccc(N2c3ccccc3NC2c2ccc(-n3c4ccccc4c4c(-c5cccc6c5c5ccccc5n6-c5ccc6c(c5)c5ccccc5n6-c5ccccc5)cccc43)cc2)cc1. The lowest BCUT2D eigenvalue weighted by molar-refractivity contribution is 0.827. The summed E-state index contributed by atoms with van der Waals surface area (Å²) in [6, 6.07) is 86.2. The van der Waals surface area contributed by atoms with Crippen LogP contribution in [0.2, 0.25) is 0 Å². The van der Waals surface area contributed by atoms with Gasteiger partial charge in [-0.3, -0.25) is 0 Å². The zero-order valence-corrected chi connectivity index (χ0v) is 35.9. The summed E-state index contributed by atoms with van der Waals surface area (Å²) in [7, 11) is 0. The molecular formula is C61H41N5. The highest BCUT2D eigenvalue weighted by molar-refractivity contribution is 6.22. The van der Waals surface area contributed by atoms with E-state index in [2.05, 4.69) is 261 Å². The Bertz CT molecular complexity index is 4030. The van der Waals surface area contributed by atoms with Crippen LogP contribution in [-0.2, 0) is 0 Å². The summed E-state index contributed by atoms with van der Waals surface area (Å²) in [5.41, 5.74) is 17.7. The van der Waals surface area contributed by atoms with Gasteiger partial charge in [0.25, 0.3) is 0 Å². The van der Waals surface area contributed by atoms with Crippen LogP contribution in [0.3, 0.4) is 0 Å². The van der Waals surface area contributed by atoms with Crippen molar-refractivity contribution in [1.29, 1.82) is 0 Å². The second-order valence-electron chi connectivity index (χ2n) is 17.4. The van der Waals surface area contributed by atoms with Crippen molar-refractivity contribution in [2.75, 3.05) is 10.2 Å². The maximum Gasteiger partial charge on any atom is 0.130 e. The van der Waals surface area contributed by atoms with Gasteiger partial charge in [-0.1, -0.05) is 140 Å². The monoisotopic (exact) mass is 843 g/mol. The molecule has 1 unspecified atom stereocenters. The first-order valence-corrected chi connectivity index (χ1v) is 22.7. The van der Waals surface area contributed by atoms with Crippen molar-refractivity contribution in [3.8, 4) is 28.2 Å². The lowest BCUT2D eigenvalue weighted by Gasteiger charge is -2.27. The van der Waals surface area contributed by atoms with Gasteiger partial charge in [-0.25, -0.2) is 0 Å². The van der Waals surface area contributed by atoms with E-state index in [1.54, 1.807) is 0 Å². The molecule has 0 saturated heterocycles. The minimum Gasteiger partial charge on any atom is -0.359 e. The minimum atomic E-state index is -0.0391. The Kier molecular flexibility index (Phi) is 7.98. The number of rotatable bonds is 6. The highest BCUT2D eigenvalue weighted by Gasteiger charge is 2.31. The van der Waals surface area contributed by atoms with Crippen LogP contribution in [0.5, 0.6) is 0 Å². The lowest BCUT2D eigenvalue weighted by atomic mass is 9.95. The van der Waals surface area contributed by atoms with Crippen LogP contribution < -0.4 is 10.2 Å². The molecule has 4 heterocycles. The zero-order chi connectivity index (χ0) is 43.3. The highest BCUT2D eigenvalue weighted by Crippen LogP contribution is 2.47. The minimum absolute atomic E-state index is 0.0391. The van der Waals surface area contributed by atoms with Gasteiger partial charge in [-0.05, 0) is 114 Å². The van der Waals surface area contributed by atoms with Gasteiger partial charge in [0.05, 0.1) is 44.5 Å². The fourth-order valence-electron chi connectivity index (χ4n) is 11.1. The maximum atomic E-state index is 3.82. The largest absolute Gasteiger partial charge is 0.359 e. The number of fused-ring (bicyclic) bond motifs is 10. The third-order valence-corrected chi connectivity index (χ3v) is 13.8. The van der Waals surface area contributed by atoms with Crippen LogP contribution in [0.15, 0.2) is 237 Å². The average molecular weight is 844 g/mol. The molecule has 1 atom stereocenters. The molecule has 0 aliphatic carbocycles. The molecule has 1 N–H and O–H groups in total. The second-order valence-corrected chi connectivity index (χ2v) is 17.4. The summed E-state index contributed by atoms with van der Waals surface area (Å²) in [5, 5.41) is 11.3. The third kappa shape index (κ3) is 5.34. The first kappa shape index (κ1) is 36.7. The van der Waals surface area contributed by atoms with Gasteiger partial charge in [-0.15, -0.1) is 0 Å². The van der Waals surface area contributed by atoms with E-state index in [0.717, 1.165) is 28.4 Å². The van der Waals surface area contributed by atoms with E-state index in [4.69, 9.17) is 0 Å². The van der Waals surface area contributed by atoms with Gasteiger partial charge in [0.2, 0.25) is 0 Å². The van der Waals surface area contributed by atoms with Crippen LogP contribution in [-0.4, -0.2) is 13.7 Å². The zero-order valence-electron chi connectivity index (χ0n) is 35.9. The molecule has 14 rings (SSSR count). The molecule has 5 nitrogen and oxygen atoms in total. The van der Waals surface area contributed by atoms with Crippen LogP contribution in [0, 0.1) is 0 Å². The summed E-state index contributed by atoms with van der Waals surface area (Å²) in [5.74, 6) is 0. The van der Waals surface area contributed by atoms with Gasteiger partial charge >= 0.3 is 0 Å². The Balaban J connectivity index is 0.928. The Morgan fingerprint density at radius 2 is 0.758 bits per heavy atom. The Morgan fingerprint density at radius 3 is 1.41 bits per heavy atom. The molecule has 0 amide bonds. The smallest absolute Gasteiger partial charge is 0.130 e. The van der Waals surface area contributed by atoms with E-state index in [0.29, 0.717) is 0 Å². The summed E-state index contributed by atoms with van der Waals surface area (Å²) in [4.78, 5) is 2.40. The van der Waals surface area contributed by atoms with E-state index in [-0.39, 0.29) is 6.17 Å². The number of aromatic nitrogens is 3. The van der Waals surface area contributed by atoms with Gasteiger partial charge in [0, 0.05) is 55.1 Å². The number of benzene rings is 10. The molecule has 310 valence electrons. The molecule has 0 spiro atoms. The maximum absolute atomic E-state index is 3.82. The Morgan fingerprint density at radius 1 is 0.303 bits per heavy atom. The topological polar surface area (TPSA) is 30.1 Å². The molecule has 0 bridgehead atoms. The third-order valence-electron chi connectivity index (χ3n) is 13.8. The molecular weight excluding hydrogens is 803 g/mol. The summed E-state index contributed by atoms with van der Waals surface area (Å²) < 4.78 is 7.29. The normalized spacial score (nSPS) is 13.7. The van der Waals surface area contributed by atoms with Crippen molar-refractivity contribution in [2.24, 2.45) is 0 Å². The number of anilines is 3. The number of nitrogens with one attached hydrogen (secondary N) is 1. The van der Waals surface area contributed by atoms with Crippen molar-refractivity contribution in [2.45, 2.75) is 6.17 Å². The Hall–Kier alpha value is -8.80. The van der Waals surface area contributed by atoms with Crippen molar-refractivity contribution in [1.82, 2.24) is 13.7 Å². The molecule has 10 aromatic carbocycles. The first-order valence-electron chi connectivity index (χ1n) is 22.7. The number of para-hydroxylation sites is 7. The van der Waals surface area contributed by atoms with Crippen LogP contribution in [0.1, 0.15) is 11.7 Å². The van der Waals surface area contributed by atoms with Crippen molar-refractivity contribution in [3.63, 3.8) is 0 Å². The van der Waals surface area contributed by atoms with Crippen molar-refractivity contribution < 1.29 is 0 Å². The summed E-state index contributed by atoms with van der Waals surface area (Å²) in [6.07, 6.45) is -0.0391. The molecule has 5 heteroatoms. The second kappa shape index (κ2) is 14.4. The molecule has 66 heavy (non-hydrogen) atoms. The van der Waals surface area contributed by atoms with Gasteiger partial charge < -0.3 is 23.9 Å². The van der Waals surface area contributed by atoms with Crippen LogP contribution in [0.25, 0.3) is 93.6 Å². The van der Waals surface area contributed by atoms with Crippen molar-refractivity contribution in [3.05, 3.63) is 242 Å². The Labute approximate surface area is 381 Å².